The molecule has 2 aromatic carbocycles. The van der Waals surface area contributed by atoms with Crippen LogP contribution in [0.5, 0.6) is 0 Å². The molecule has 1 aromatic heterocycles. The van der Waals surface area contributed by atoms with Crippen LogP contribution >= 0.6 is 35.0 Å². The zero-order valence-electron chi connectivity index (χ0n) is 11.2. The van der Waals surface area contributed by atoms with E-state index in [1.54, 1.807) is 23.9 Å². The highest BCUT2D eigenvalue weighted by Crippen LogP contribution is 2.41. The molecule has 0 amide bonds. The summed E-state index contributed by atoms with van der Waals surface area (Å²) in [5.74, 6) is 0.683. The van der Waals surface area contributed by atoms with Gasteiger partial charge in [-0.2, -0.15) is 0 Å². The van der Waals surface area contributed by atoms with Gasteiger partial charge in [-0.25, -0.2) is 4.68 Å². The number of hydrogen-bond acceptors (Lipinski definition) is 4. The summed E-state index contributed by atoms with van der Waals surface area (Å²) in [4.78, 5) is 0. The average molecular weight is 349 g/mol. The van der Waals surface area contributed by atoms with Gasteiger partial charge in [-0.3, -0.25) is 0 Å². The van der Waals surface area contributed by atoms with Crippen LogP contribution < -0.4 is 5.43 Å². The Bertz CT molecular complexity index is 835. The third-order valence-corrected chi connectivity index (χ3v) is 5.01. The van der Waals surface area contributed by atoms with Crippen molar-refractivity contribution < 1.29 is 0 Å². The number of hydrogen-bond donors (Lipinski definition) is 1. The predicted octanol–water partition coefficient (Wildman–Crippen LogP) is 4.60. The maximum Gasteiger partial charge on any atom is 0.212 e. The van der Waals surface area contributed by atoms with Gasteiger partial charge in [0, 0.05) is 10.6 Å². The number of fused-ring (bicyclic) bond motifs is 1. The van der Waals surface area contributed by atoms with E-state index in [4.69, 9.17) is 23.2 Å². The highest BCUT2D eigenvalue weighted by Gasteiger charge is 2.28. The van der Waals surface area contributed by atoms with Gasteiger partial charge in [0.25, 0.3) is 0 Å². The fourth-order valence-corrected chi connectivity index (χ4v) is 3.82. The van der Waals surface area contributed by atoms with Gasteiger partial charge < -0.3 is 5.43 Å². The van der Waals surface area contributed by atoms with Crippen LogP contribution in [0, 0.1) is 0 Å². The van der Waals surface area contributed by atoms with Crippen LogP contribution in [0.25, 0.3) is 11.4 Å². The lowest BCUT2D eigenvalue weighted by Crippen LogP contribution is -2.13. The Morgan fingerprint density at radius 1 is 1.05 bits per heavy atom. The number of nitrogens with zero attached hydrogens (tertiary/aromatic N) is 3. The lowest BCUT2D eigenvalue weighted by Gasteiger charge is -2.12. The smallest absolute Gasteiger partial charge is 0.212 e. The van der Waals surface area contributed by atoms with E-state index in [1.807, 2.05) is 28.9 Å². The van der Waals surface area contributed by atoms with Gasteiger partial charge in [0.1, 0.15) is 5.37 Å². The molecule has 0 saturated heterocycles. The first kappa shape index (κ1) is 13.9. The summed E-state index contributed by atoms with van der Waals surface area (Å²) in [6.07, 6.45) is 0. The van der Waals surface area contributed by atoms with Crippen LogP contribution in [0.3, 0.4) is 0 Å². The first-order valence-corrected chi connectivity index (χ1v) is 8.25. The highest BCUT2D eigenvalue weighted by molar-refractivity contribution is 7.99. The SMILES string of the molecule is Clc1ccc(-c2nnc3n2N[C@H](c2ccccc2)S3)c(Cl)c1. The van der Waals surface area contributed by atoms with Crippen molar-refractivity contribution >= 4 is 35.0 Å². The van der Waals surface area contributed by atoms with E-state index >= 15 is 0 Å². The molecule has 3 aromatic rings. The van der Waals surface area contributed by atoms with E-state index in [1.165, 1.54) is 5.56 Å². The van der Waals surface area contributed by atoms with Gasteiger partial charge in [-0.05, 0) is 23.8 Å². The first-order chi connectivity index (χ1) is 10.7. The Kier molecular flexibility index (Phi) is 3.48. The van der Waals surface area contributed by atoms with Gasteiger partial charge >= 0.3 is 0 Å². The summed E-state index contributed by atoms with van der Waals surface area (Å²) < 4.78 is 1.87. The summed E-state index contributed by atoms with van der Waals surface area (Å²) in [7, 11) is 0. The number of rotatable bonds is 2. The average Bonchev–Trinajstić information content (AvgIpc) is 3.09. The van der Waals surface area contributed by atoms with Gasteiger partial charge in [-0.1, -0.05) is 65.3 Å². The standard InChI is InChI=1S/C15H10Cl2N4S/c16-10-6-7-11(12(17)8-10)13-18-19-15-21(13)20-14(22-15)9-4-2-1-3-5-9/h1-8,14,20H/t14-/m0/s1. The van der Waals surface area contributed by atoms with E-state index in [-0.39, 0.29) is 5.37 Å². The number of aromatic nitrogens is 3. The van der Waals surface area contributed by atoms with Crippen LogP contribution in [0.2, 0.25) is 10.0 Å². The van der Waals surface area contributed by atoms with Crippen molar-refractivity contribution in [2.75, 3.05) is 5.43 Å². The maximum atomic E-state index is 6.28. The molecular formula is C15H10Cl2N4S. The quantitative estimate of drug-likeness (QED) is 0.734. The number of halogens is 2. The molecule has 2 heterocycles. The third kappa shape index (κ3) is 2.35. The third-order valence-electron chi connectivity index (χ3n) is 3.38. The van der Waals surface area contributed by atoms with Gasteiger partial charge in [0.15, 0.2) is 5.82 Å². The van der Waals surface area contributed by atoms with Gasteiger partial charge in [-0.15, -0.1) is 10.2 Å². The zero-order valence-corrected chi connectivity index (χ0v) is 13.5. The van der Waals surface area contributed by atoms with Crippen LogP contribution in [0.15, 0.2) is 53.7 Å². The molecule has 4 rings (SSSR count). The number of benzene rings is 2. The topological polar surface area (TPSA) is 42.7 Å². The molecule has 1 aliphatic rings. The van der Waals surface area contributed by atoms with Crippen molar-refractivity contribution in [2.24, 2.45) is 0 Å². The maximum absolute atomic E-state index is 6.28. The van der Waals surface area contributed by atoms with Crippen LogP contribution in [-0.4, -0.2) is 14.9 Å². The van der Waals surface area contributed by atoms with E-state index in [9.17, 15) is 0 Å². The molecule has 7 heteroatoms. The summed E-state index contributed by atoms with van der Waals surface area (Å²) >= 11 is 13.9. The molecule has 1 N–H and O–H groups in total. The minimum atomic E-state index is 0.108. The van der Waals surface area contributed by atoms with E-state index in [2.05, 4.69) is 27.8 Å². The number of nitrogens with one attached hydrogen (secondary N) is 1. The molecule has 1 aliphatic heterocycles. The van der Waals surface area contributed by atoms with Crippen LogP contribution in [0.1, 0.15) is 10.9 Å². The van der Waals surface area contributed by atoms with Crippen molar-refractivity contribution in [1.29, 1.82) is 0 Å². The van der Waals surface area contributed by atoms with Crippen molar-refractivity contribution in [1.82, 2.24) is 14.9 Å². The molecule has 0 spiro atoms. The second kappa shape index (κ2) is 5.50. The zero-order chi connectivity index (χ0) is 15.1. The van der Waals surface area contributed by atoms with Crippen molar-refractivity contribution in [3.63, 3.8) is 0 Å². The molecule has 1 atom stereocenters. The number of thioether (sulfide) groups is 1. The van der Waals surface area contributed by atoms with E-state index in [0.29, 0.717) is 15.9 Å². The molecule has 110 valence electrons. The summed E-state index contributed by atoms with van der Waals surface area (Å²) in [5, 5.41) is 10.5. The molecule has 22 heavy (non-hydrogen) atoms. The lowest BCUT2D eigenvalue weighted by atomic mass is 10.2. The van der Waals surface area contributed by atoms with Crippen molar-refractivity contribution in [2.45, 2.75) is 10.5 Å². The molecule has 0 unspecified atom stereocenters. The Morgan fingerprint density at radius 3 is 2.64 bits per heavy atom. The van der Waals surface area contributed by atoms with E-state index in [0.717, 1.165) is 10.7 Å². The molecule has 0 fully saturated rings. The highest BCUT2D eigenvalue weighted by atomic mass is 35.5. The second-order valence-corrected chi connectivity index (χ2v) is 6.72. The summed E-state index contributed by atoms with van der Waals surface area (Å²) in [6.45, 7) is 0. The molecule has 0 bridgehead atoms. The molecule has 0 radical (unpaired) electrons. The Morgan fingerprint density at radius 2 is 1.86 bits per heavy atom. The van der Waals surface area contributed by atoms with Gasteiger partial charge in [0.05, 0.1) is 5.02 Å². The van der Waals surface area contributed by atoms with Crippen LogP contribution in [-0.2, 0) is 0 Å². The fraction of sp³-hybridized carbons (Fsp3) is 0.0667. The molecule has 0 saturated carbocycles. The Hall–Kier alpha value is -1.69. The van der Waals surface area contributed by atoms with Crippen LogP contribution in [0.4, 0.5) is 0 Å². The van der Waals surface area contributed by atoms with E-state index < -0.39 is 0 Å². The minimum absolute atomic E-state index is 0.108. The second-order valence-electron chi connectivity index (χ2n) is 4.80. The van der Waals surface area contributed by atoms with Crippen molar-refractivity contribution in [3.05, 3.63) is 64.1 Å². The fourth-order valence-electron chi connectivity index (χ4n) is 2.33. The molecule has 4 nitrogen and oxygen atoms in total. The Labute approximate surface area is 141 Å². The van der Waals surface area contributed by atoms with Gasteiger partial charge in [0.2, 0.25) is 5.16 Å². The predicted molar refractivity (Wildman–Crippen MR) is 89.9 cm³/mol. The minimum Gasteiger partial charge on any atom is -0.304 e. The molecular weight excluding hydrogens is 339 g/mol. The normalized spacial score (nSPS) is 16.4. The largest absolute Gasteiger partial charge is 0.304 e. The monoisotopic (exact) mass is 348 g/mol. The summed E-state index contributed by atoms with van der Waals surface area (Å²) in [5.41, 5.74) is 5.39. The van der Waals surface area contributed by atoms with Crippen molar-refractivity contribution in [3.8, 4) is 11.4 Å². The summed E-state index contributed by atoms with van der Waals surface area (Å²) in [6, 6.07) is 15.6. The lowest BCUT2D eigenvalue weighted by molar-refractivity contribution is 0.792. The first-order valence-electron chi connectivity index (χ1n) is 6.61. The Balaban J connectivity index is 1.70. The molecule has 0 aliphatic carbocycles.